The molecule has 140 valence electrons. The summed E-state index contributed by atoms with van der Waals surface area (Å²) in [4.78, 5) is 12.2. The highest BCUT2D eigenvalue weighted by atomic mass is 32.2. The average molecular weight is 390 g/mol. The van der Waals surface area contributed by atoms with Gasteiger partial charge in [-0.05, 0) is 32.4 Å². The van der Waals surface area contributed by atoms with E-state index in [4.69, 9.17) is 0 Å². The van der Waals surface area contributed by atoms with Gasteiger partial charge in [-0.3, -0.25) is 9.48 Å². The fourth-order valence-corrected chi connectivity index (χ4v) is 5.22. The van der Waals surface area contributed by atoms with Crippen molar-refractivity contribution >= 4 is 25.8 Å². The van der Waals surface area contributed by atoms with Gasteiger partial charge in [-0.1, -0.05) is 0 Å². The van der Waals surface area contributed by atoms with E-state index in [0.717, 1.165) is 18.5 Å². The first-order chi connectivity index (χ1) is 11.7. The number of nitrogens with zero attached hydrogens (tertiary/aromatic N) is 2. The second-order valence-electron chi connectivity index (χ2n) is 6.51. The van der Waals surface area contributed by atoms with E-state index in [0.29, 0.717) is 12.3 Å². The van der Waals surface area contributed by atoms with Crippen LogP contribution < -0.4 is 10.0 Å². The summed E-state index contributed by atoms with van der Waals surface area (Å²) >= 11 is 0. The van der Waals surface area contributed by atoms with Crippen LogP contribution in [0.1, 0.15) is 47.4 Å². The predicted molar refractivity (Wildman–Crippen MR) is 91.7 cm³/mol. The van der Waals surface area contributed by atoms with Crippen molar-refractivity contribution in [3.63, 3.8) is 0 Å². The van der Waals surface area contributed by atoms with Crippen LogP contribution in [0.25, 0.3) is 0 Å². The molecular formula is C14H22N4O5S2. The van der Waals surface area contributed by atoms with E-state index >= 15 is 0 Å². The van der Waals surface area contributed by atoms with Crippen LogP contribution in [0.5, 0.6) is 0 Å². The third kappa shape index (κ3) is 4.39. The fraction of sp³-hybridized carbons (Fsp3) is 0.714. The van der Waals surface area contributed by atoms with Crippen LogP contribution in [0.4, 0.5) is 0 Å². The molecule has 25 heavy (non-hydrogen) atoms. The quantitative estimate of drug-likeness (QED) is 0.640. The molecule has 3 rings (SSSR count). The number of carbonyl (C=O) groups is 1. The maximum absolute atomic E-state index is 12.2. The molecule has 2 N–H and O–H groups in total. The lowest BCUT2D eigenvalue weighted by atomic mass is 10.2. The number of carbonyl (C=O) groups excluding carboxylic acids is 1. The standard InChI is InChI=1S/C14H22N4O5S2/c1-15-25(22,23)7-5-16-14(19)12-8-13(10-2-3-10)18(17-12)11-4-6-24(20,21)9-11/h8,10-11,15H,2-7,9H2,1H3,(H,16,19). The lowest BCUT2D eigenvalue weighted by molar-refractivity contribution is 0.0950. The van der Waals surface area contributed by atoms with Gasteiger partial charge in [0.05, 0.1) is 23.3 Å². The van der Waals surface area contributed by atoms with Gasteiger partial charge >= 0.3 is 0 Å². The Morgan fingerprint density at radius 3 is 2.64 bits per heavy atom. The molecule has 9 nitrogen and oxygen atoms in total. The molecule has 2 aliphatic rings. The first-order valence-corrected chi connectivity index (χ1v) is 11.7. The zero-order valence-corrected chi connectivity index (χ0v) is 15.6. The van der Waals surface area contributed by atoms with Crippen molar-refractivity contribution in [3.8, 4) is 0 Å². The van der Waals surface area contributed by atoms with Crippen molar-refractivity contribution in [1.29, 1.82) is 0 Å². The molecule has 1 aromatic heterocycles. The number of amides is 1. The van der Waals surface area contributed by atoms with Gasteiger partial charge in [0.25, 0.3) is 5.91 Å². The van der Waals surface area contributed by atoms with Crippen LogP contribution in [0, 0.1) is 0 Å². The Morgan fingerprint density at radius 1 is 1.36 bits per heavy atom. The molecule has 1 atom stereocenters. The number of hydrogen-bond acceptors (Lipinski definition) is 6. The second kappa shape index (κ2) is 6.69. The van der Waals surface area contributed by atoms with E-state index in [1.165, 1.54) is 7.05 Å². The van der Waals surface area contributed by atoms with Gasteiger partial charge in [-0.15, -0.1) is 0 Å². The van der Waals surface area contributed by atoms with Gasteiger partial charge < -0.3 is 5.32 Å². The third-order valence-corrected chi connectivity index (χ3v) is 7.63. The number of sulfone groups is 1. The summed E-state index contributed by atoms with van der Waals surface area (Å²) < 4.78 is 50.1. The van der Waals surface area contributed by atoms with Gasteiger partial charge in [0.15, 0.2) is 9.84 Å². The van der Waals surface area contributed by atoms with Gasteiger partial charge in [-0.2, -0.15) is 5.10 Å². The van der Waals surface area contributed by atoms with Gasteiger partial charge in [-0.25, -0.2) is 21.6 Å². The molecule has 2 heterocycles. The molecule has 1 unspecified atom stereocenters. The molecule has 1 saturated carbocycles. The first kappa shape index (κ1) is 18.3. The van der Waals surface area contributed by atoms with Gasteiger partial charge in [0, 0.05) is 18.2 Å². The lowest BCUT2D eigenvalue weighted by Gasteiger charge is -2.12. The van der Waals surface area contributed by atoms with Crippen molar-refractivity contribution in [2.45, 2.75) is 31.2 Å². The maximum Gasteiger partial charge on any atom is 0.271 e. The number of rotatable bonds is 7. The van der Waals surface area contributed by atoms with Crippen LogP contribution in [-0.4, -0.2) is 63.4 Å². The Morgan fingerprint density at radius 2 is 2.08 bits per heavy atom. The number of aromatic nitrogens is 2. The van der Waals surface area contributed by atoms with Gasteiger partial charge in [0.1, 0.15) is 5.69 Å². The molecule has 2 fully saturated rings. The number of hydrogen-bond donors (Lipinski definition) is 2. The molecule has 0 bridgehead atoms. The van der Waals surface area contributed by atoms with Crippen LogP contribution in [0.2, 0.25) is 0 Å². The summed E-state index contributed by atoms with van der Waals surface area (Å²) in [7, 11) is -5.12. The number of nitrogens with one attached hydrogen (secondary N) is 2. The monoisotopic (exact) mass is 390 g/mol. The molecule has 0 radical (unpaired) electrons. The largest absolute Gasteiger partial charge is 0.350 e. The number of sulfonamides is 1. The highest BCUT2D eigenvalue weighted by molar-refractivity contribution is 7.91. The predicted octanol–water partition coefficient (Wildman–Crippen LogP) is -0.601. The molecular weight excluding hydrogens is 368 g/mol. The van der Waals surface area contributed by atoms with Crippen LogP contribution in [0.3, 0.4) is 0 Å². The van der Waals surface area contributed by atoms with Crippen molar-refractivity contribution in [3.05, 3.63) is 17.5 Å². The molecule has 1 saturated heterocycles. The summed E-state index contributed by atoms with van der Waals surface area (Å²) in [5.74, 6) is -0.150. The van der Waals surface area contributed by atoms with Gasteiger partial charge in [0.2, 0.25) is 10.0 Å². The molecule has 0 spiro atoms. The molecule has 1 amide bonds. The topological polar surface area (TPSA) is 127 Å². The minimum absolute atomic E-state index is 0.0224. The first-order valence-electron chi connectivity index (χ1n) is 8.20. The van der Waals surface area contributed by atoms with E-state index in [1.54, 1.807) is 10.7 Å². The molecule has 1 aliphatic carbocycles. The van der Waals surface area contributed by atoms with E-state index < -0.39 is 25.8 Å². The summed E-state index contributed by atoms with van der Waals surface area (Å²) in [6.45, 7) is -0.0224. The Bertz CT molecular complexity index is 871. The third-order valence-electron chi connectivity index (χ3n) is 4.51. The molecule has 11 heteroatoms. The average Bonchev–Trinajstić information content (AvgIpc) is 3.18. The van der Waals surface area contributed by atoms with Crippen molar-refractivity contribution < 1.29 is 21.6 Å². The van der Waals surface area contributed by atoms with Crippen molar-refractivity contribution in [1.82, 2.24) is 19.8 Å². The summed E-state index contributed by atoms with van der Waals surface area (Å²) in [5, 5.41) is 6.87. The SMILES string of the molecule is CNS(=O)(=O)CCNC(=O)c1cc(C2CC2)n(C2CCS(=O)(=O)C2)n1. The second-order valence-corrected chi connectivity index (χ2v) is 10.8. The Balaban J connectivity index is 1.72. The minimum Gasteiger partial charge on any atom is -0.350 e. The maximum atomic E-state index is 12.2. The van der Waals surface area contributed by atoms with E-state index in [9.17, 15) is 21.6 Å². The van der Waals surface area contributed by atoms with Crippen molar-refractivity contribution in [2.24, 2.45) is 0 Å². The zero-order valence-electron chi connectivity index (χ0n) is 13.9. The Hall–Kier alpha value is -1.46. The highest BCUT2D eigenvalue weighted by Crippen LogP contribution is 2.42. The lowest BCUT2D eigenvalue weighted by Crippen LogP contribution is -2.33. The van der Waals surface area contributed by atoms with Crippen LogP contribution >= 0.6 is 0 Å². The summed E-state index contributed by atoms with van der Waals surface area (Å²) in [5.41, 5.74) is 1.10. The van der Waals surface area contributed by atoms with E-state index in [1.807, 2.05) is 0 Å². The van der Waals surface area contributed by atoms with Crippen LogP contribution in [0.15, 0.2) is 6.07 Å². The van der Waals surface area contributed by atoms with E-state index in [-0.39, 0.29) is 35.5 Å². The minimum atomic E-state index is -3.39. The molecule has 1 aliphatic heterocycles. The van der Waals surface area contributed by atoms with Crippen molar-refractivity contribution in [2.75, 3.05) is 30.9 Å². The summed E-state index contributed by atoms with van der Waals surface area (Å²) in [6, 6.07) is 1.47. The Labute approximate surface area is 147 Å². The Kier molecular flexibility index (Phi) is 4.91. The fourth-order valence-electron chi connectivity index (χ4n) is 2.96. The zero-order chi connectivity index (χ0) is 18.2. The normalized spacial score (nSPS) is 22.8. The van der Waals surface area contributed by atoms with Crippen LogP contribution in [-0.2, 0) is 19.9 Å². The smallest absolute Gasteiger partial charge is 0.271 e. The molecule has 1 aromatic rings. The summed E-state index contributed by atoms with van der Waals surface area (Å²) in [6.07, 6.45) is 2.52. The highest BCUT2D eigenvalue weighted by Gasteiger charge is 2.36. The van der Waals surface area contributed by atoms with E-state index in [2.05, 4.69) is 15.1 Å². The molecule has 0 aromatic carbocycles.